The number of imidazole rings is 2. The maximum Gasteiger partial charge on any atom is 0.261 e. The monoisotopic (exact) mass is 377 g/mol. The SMILES string of the molecule is Cn1ccnc1-c1nccn1CCCCCCN1C(=O)c2ccccc2C1=O. The fourth-order valence-corrected chi connectivity index (χ4v) is 3.62. The van der Waals surface area contributed by atoms with E-state index in [-0.39, 0.29) is 11.8 Å². The van der Waals surface area contributed by atoms with Gasteiger partial charge in [-0.05, 0) is 25.0 Å². The Balaban J connectivity index is 1.23. The molecule has 0 fully saturated rings. The van der Waals surface area contributed by atoms with Crippen LogP contribution in [0.1, 0.15) is 46.4 Å². The van der Waals surface area contributed by atoms with Gasteiger partial charge in [0.2, 0.25) is 0 Å². The van der Waals surface area contributed by atoms with E-state index in [1.54, 1.807) is 36.7 Å². The summed E-state index contributed by atoms with van der Waals surface area (Å²) in [7, 11) is 1.96. The molecule has 3 aromatic rings. The molecule has 7 nitrogen and oxygen atoms in total. The zero-order valence-corrected chi connectivity index (χ0v) is 15.9. The molecule has 0 atom stereocenters. The molecule has 7 heteroatoms. The molecule has 0 spiro atoms. The number of hydrogen-bond donors (Lipinski definition) is 0. The number of fused-ring (bicyclic) bond motifs is 1. The van der Waals surface area contributed by atoms with Crippen molar-refractivity contribution >= 4 is 11.8 Å². The maximum absolute atomic E-state index is 12.3. The number of hydrogen-bond acceptors (Lipinski definition) is 4. The minimum absolute atomic E-state index is 0.168. The Labute approximate surface area is 163 Å². The number of benzene rings is 1. The zero-order chi connectivity index (χ0) is 19.5. The van der Waals surface area contributed by atoms with Gasteiger partial charge in [-0.25, -0.2) is 9.97 Å². The third kappa shape index (κ3) is 3.35. The van der Waals surface area contributed by atoms with Crippen molar-refractivity contribution in [2.45, 2.75) is 32.2 Å². The quantitative estimate of drug-likeness (QED) is 0.447. The maximum atomic E-state index is 12.3. The number of carbonyl (C=O) groups excluding carboxylic acids is 2. The van der Waals surface area contributed by atoms with E-state index >= 15 is 0 Å². The van der Waals surface area contributed by atoms with Gasteiger partial charge in [0.15, 0.2) is 11.6 Å². The van der Waals surface area contributed by atoms with Crippen LogP contribution in [0.4, 0.5) is 0 Å². The average Bonchev–Trinajstić information content (AvgIpc) is 3.39. The van der Waals surface area contributed by atoms with E-state index in [4.69, 9.17) is 0 Å². The Hall–Kier alpha value is -3.22. The molecule has 1 aliphatic heterocycles. The molecule has 28 heavy (non-hydrogen) atoms. The second-order valence-corrected chi connectivity index (χ2v) is 7.03. The van der Waals surface area contributed by atoms with E-state index in [2.05, 4.69) is 14.5 Å². The molecule has 0 bridgehead atoms. The van der Waals surface area contributed by atoms with Gasteiger partial charge in [0.25, 0.3) is 11.8 Å². The first kappa shape index (κ1) is 18.2. The second-order valence-electron chi connectivity index (χ2n) is 7.03. The molecular weight excluding hydrogens is 354 g/mol. The van der Waals surface area contributed by atoms with Gasteiger partial charge in [0, 0.05) is 44.9 Å². The zero-order valence-electron chi connectivity index (χ0n) is 15.9. The van der Waals surface area contributed by atoms with Crippen LogP contribution in [0.5, 0.6) is 0 Å². The fourth-order valence-electron chi connectivity index (χ4n) is 3.62. The first-order chi connectivity index (χ1) is 13.7. The van der Waals surface area contributed by atoms with Crippen molar-refractivity contribution in [1.82, 2.24) is 24.0 Å². The highest BCUT2D eigenvalue weighted by Gasteiger charge is 2.34. The Morgan fingerprint density at radius 2 is 1.39 bits per heavy atom. The predicted octanol–water partition coefficient (Wildman–Crippen LogP) is 3.14. The predicted molar refractivity (Wildman–Crippen MR) is 105 cm³/mol. The number of carbonyl (C=O) groups is 2. The van der Waals surface area contributed by atoms with Gasteiger partial charge in [-0.2, -0.15) is 0 Å². The average molecular weight is 377 g/mol. The molecule has 2 amide bonds. The minimum Gasteiger partial charge on any atom is -0.331 e. The Morgan fingerprint density at radius 1 is 0.786 bits per heavy atom. The van der Waals surface area contributed by atoms with Crippen LogP contribution in [0.3, 0.4) is 0 Å². The van der Waals surface area contributed by atoms with Crippen molar-refractivity contribution in [2.24, 2.45) is 7.05 Å². The van der Waals surface area contributed by atoms with E-state index in [1.807, 2.05) is 24.0 Å². The standard InChI is InChI=1S/C21H23N5O2/c1-24-14-10-22-18(24)19-23-11-15-25(19)12-6-2-3-7-13-26-20(27)16-8-4-5-9-17(16)21(26)28/h4-5,8-11,14-15H,2-3,6-7,12-13H2,1H3. The van der Waals surface area contributed by atoms with Gasteiger partial charge in [-0.3, -0.25) is 14.5 Å². The van der Waals surface area contributed by atoms with Crippen molar-refractivity contribution in [3.05, 3.63) is 60.2 Å². The summed E-state index contributed by atoms with van der Waals surface area (Å²) in [5.74, 6) is 1.39. The lowest BCUT2D eigenvalue weighted by Gasteiger charge is -2.13. The number of amides is 2. The van der Waals surface area contributed by atoms with Crippen molar-refractivity contribution in [2.75, 3.05) is 6.54 Å². The van der Waals surface area contributed by atoms with Gasteiger partial charge < -0.3 is 9.13 Å². The van der Waals surface area contributed by atoms with E-state index < -0.39 is 0 Å². The topological polar surface area (TPSA) is 73.0 Å². The summed E-state index contributed by atoms with van der Waals surface area (Å²) in [5.41, 5.74) is 1.05. The van der Waals surface area contributed by atoms with Gasteiger partial charge >= 0.3 is 0 Å². The van der Waals surface area contributed by atoms with Crippen LogP contribution < -0.4 is 0 Å². The van der Waals surface area contributed by atoms with Crippen molar-refractivity contribution < 1.29 is 9.59 Å². The molecule has 0 aliphatic carbocycles. The molecule has 0 saturated heterocycles. The van der Waals surface area contributed by atoms with Crippen LogP contribution in [0.15, 0.2) is 49.1 Å². The molecule has 4 rings (SSSR count). The summed E-state index contributed by atoms with van der Waals surface area (Å²) in [6.45, 7) is 1.35. The highest BCUT2D eigenvalue weighted by molar-refractivity contribution is 6.21. The van der Waals surface area contributed by atoms with Crippen LogP contribution >= 0.6 is 0 Å². The summed E-state index contributed by atoms with van der Waals surface area (Å²) in [5, 5.41) is 0. The van der Waals surface area contributed by atoms with Gasteiger partial charge in [-0.15, -0.1) is 0 Å². The van der Waals surface area contributed by atoms with E-state index in [0.717, 1.165) is 43.9 Å². The Kier molecular flexibility index (Phi) is 5.06. The first-order valence-electron chi connectivity index (χ1n) is 9.61. The summed E-state index contributed by atoms with van der Waals surface area (Å²) in [4.78, 5) is 34.9. The molecular formula is C21H23N5O2. The van der Waals surface area contributed by atoms with Gasteiger partial charge in [0.05, 0.1) is 11.1 Å². The van der Waals surface area contributed by atoms with Crippen LogP contribution in [-0.2, 0) is 13.6 Å². The summed E-state index contributed by atoms with van der Waals surface area (Å²) in [6.07, 6.45) is 11.3. The summed E-state index contributed by atoms with van der Waals surface area (Å²) >= 11 is 0. The lowest BCUT2D eigenvalue weighted by atomic mass is 10.1. The van der Waals surface area contributed by atoms with Crippen molar-refractivity contribution in [3.63, 3.8) is 0 Å². The molecule has 0 radical (unpaired) electrons. The van der Waals surface area contributed by atoms with Crippen LogP contribution in [0.2, 0.25) is 0 Å². The number of imide groups is 1. The van der Waals surface area contributed by atoms with Crippen LogP contribution in [0, 0.1) is 0 Å². The second kappa shape index (κ2) is 7.80. The molecule has 3 heterocycles. The Morgan fingerprint density at radius 3 is 2.04 bits per heavy atom. The van der Waals surface area contributed by atoms with Crippen LogP contribution in [0.25, 0.3) is 11.6 Å². The number of rotatable bonds is 8. The van der Waals surface area contributed by atoms with E-state index in [0.29, 0.717) is 17.7 Å². The number of nitrogens with zero attached hydrogens (tertiary/aromatic N) is 5. The third-order valence-electron chi connectivity index (χ3n) is 5.15. The lowest BCUT2D eigenvalue weighted by molar-refractivity contribution is 0.0651. The smallest absolute Gasteiger partial charge is 0.261 e. The van der Waals surface area contributed by atoms with Crippen LogP contribution in [-0.4, -0.2) is 42.4 Å². The van der Waals surface area contributed by atoms with Gasteiger partial charge in [0.1, 0.15) is 0 Å². The van der Waals surface area contributed by atoms with E-state index in [1.165, 1.54) is 4.90 Å². The largest absolute Gasteiger partial charge is 0.331 e. The molecule has 0 N–H and O–H groups in total. The molecule has 1 aliphatic rings. The molecule has 0 saturated carbocycles. The van der Waals surface area contributed by atoms with Crippen molar-refractivity contribution in [3.8, 4) is 11.6 Å². The molecule has 1 aromatic carbocycles. The van der Waals surface area contributed by atoms with Gasteiger partial charge in [-0.1, -0.05) is 25.0 Å². The lowest BCUT2D eigenvalue weighted by Crippen LogP contribution is -2.30. The van der Waals surface area contributed by atoms with E-state index in [9.17, 15) is 9.59 Å². The first-order valence-corrected chi connectivity index (χ1v) is 9.61. The number of aryl methyl sites for hydroxylation is 2. The molecule has 0 unspecified atom stereocenters. The number of unbranched alkanes of at least 4 members (excludes halogenated alkanes) is 3. The summed E-state index contributed by atoms with van der Waals surface area (Å²) in [6, 6.07) is 7.03. The van der Waals surface area contributed by atoms with Crippen molar-refractivity contribution in [1.29, 1.82) is 0 Å². The molecule has 2 aromatic heterocycles. The normalized spacial score (nSPS) is 13.4. The number of aromatic nitrogens is 4. The highest BCUT2D eigenvalue weighted by Crippen LogP contribution is 2.23. The highest BCUT2D eigenvalue weighted by atomic mass is 16.2. The fraction of sp³-hybridized carbons (Fsp3) is 0.333. The minimum atomic E-state index is -0.168. The third-order valence-corrected chi connectivity index (χ3v) is 5.15. The molecule has 144 valence electrons. The Bertz CT molecular complexity index is 969. The summed E-state index contributed by atoms with van der Waals surface area (Å²) < 4.78 is 4.08.